The number of rotatable bonds is 3. The van der Waals surface area contributed by atoms with E-state index in [1.807, 2.05) is 6.07 Å². The number of hydrogen-bond acceptors (Lipinski definition) is 5. The van der Waals surface area contributed by atoms with Crippen LogP contribution in [-0.2, 0) is 0 Å². The van der Waals surface area contributed by atoms with Crippen LogP contribution in [0.15, 0.2) is 42.9 Å². The van der Waals surface area contributed by atoms with Crippen LogP contribution < -0.4 is 0 Å². The summed E-state index contributed by atoms with van der Waals surface area (Å²) in [6, 6.07) is 8.40. The van der Waals surface area contributed by atoms with Gasteiger partial charge >= 0.3 is 0 Å². The average molecular weight is 340 g/mol. The van der Waals surface area contributed by atoms with Gasteiger partial charge in [-0.3, -0.25) is 0 Å². The van der Waals surface area contributed by atoms with Crippen molar-refractivity contribution in [3.63, 3.8) is 0 Å². The lowest BCUT2D eigenvalue weighted by molar-refractivity contribution is 0.411. The van der Waals surface area contributed by atoms with Crippen LogP contribution >= 0.6 is 11.3 Å². The second kappa shape index (κ2) is 6.37. The topological polar surface area (TPSA) is 41.9 Å². The fourth-order valence-corrected chi connectivity index (χ4v) is 4.24. The Kier molecular flexibility index (Phi) is 4.08. The lowest BCUT2D eigenvalue weighted by Crippen LogP contribution is -2.13. The van der Waals surface area contributed by atoms with Gasteiger partial charge in [0.15, 0.2) is 0 Å². The van der Waals surface area contributed by atoms with Gasteiger partial charge in [-0.15, -0.1) is 11.3 Å². The fourth-order valence-electron chi connectivity index (χ4n) is 3.05. The van der Waals surface area contributed by atoms with Crippen molar-refractivity contribution in [1.82, 2.24) is 19.9 Å². The molecule has 0 radical (unpaired) electrons. The zero-order chi connectivity index (χ0) is 16.5. The SMILES string of the molecule is CN1CCC(c2nc(-c3ccc(F)cc3)c(-c3ccncn3)s2)C1. The van der Waals surface area contributed by atoms with Gasteiger partial charge in [-0.25, -0.2) is 19.3 Å². The molecule has 0 aliphatic carbocycles. The summed E-state index contributed by atoms with van der Waals surface area (Å²) in [7, 11) is 2.14. The summed E-state index contributed by atoms with van der Waals surface area (Å²) in [4.78, 5) is 16.6. The number of nitrogens with zero attached hydrogens (tertiary/aromatic N) is 4. The molecule has 4 nitrogen and oxygen atoms in total. The van der Waals surface area contributed by atoms with E-state index in [-0.39, 0.29) is 5.82 Å². The summed E-state index contributed by atoms with van der Waals surface area (Å²) in [5.74, 6) is 0.213. The molecule has 122 valence electrons. The van der Waals surface area contributed by atoms with Gasteiger partial charge in [0.25, 0.3) is 0 Å². The van der Waals surface area contributed by atoms with E-state index < -0.39 is 0 Å². The molecule has 1 aliphatic rings. The minimum atomic E-state index is -0.241. The first-order valence-corrected chi connectivity index (χ1v) is 8.74. The van der Waals surface area contributed by atoms with Gasteiger partial charge in [0.2, 0.25) is 0 Å². The first kappa shape index (κ1) is 15.4. The Morgan fingerprint density at radius 1 is 1.21 bits per heavy atom. The number of hydrogen-bond donors (Lipinski definition) is 0. The molecule has 2 aromatic heterocycles. The summed E-state index contributed by atoms with van der Waals surface area (Å²) in [6.07, 6.45) is 4.40. The normalized spacial score (nSPS) is 18.2. The van der Waals surface area contributed by atoms with Crippen LogP contribution in [0.4, 0.5) is 4.39 Å². The van der Waals surface area contributed by atoms with Crippen LogP contribution in [0.25, 0.3) is 21.8 Å². The Bertz CT molecular complexity index is 832. The molecular formula is C18H17FN4S. The zero-order valence-electron chi connectivity index (χ0n) is 13.3. The highest BCUT2D eigenvalue weighted by Gasteiger charge is 2.26. The van der Waals surface area contributed by atoms with Gasteiger partial charge in [0.05, 0.1) is 21.3 Å². The Labute approximate surface area is 144 Å². The molecule has 1 unspecified atom stereocenters. The highest BCUT2D eigenvalue weighted by molar-refractivity contribution is 7.15. The Hall–Kier alpha value is -2.18. The maximum absolute atomic E-state index is 13.3. The van der Waals surface area contributed by atoms with E-state index in [2.05, 4.69) is 21.9 Å². The third kappa shape index (κ3) is 2.95. The van der Waals surface area contributed by atoms with E-state index in [1.54, 1.807) is 36.0 Å². The number of thiazole rings is 1. The standard InChI is InChI=1S/C18H17FN4S/c1-23-9-7-13(10-23)18-22-16(12-2-4-14(19)5-3-12)17(24-18)15-6-8-20-11-21-15/h2-6,8,11,13H,7,9-10H2,1H3. The van der Waals surface area contributed by atoms with Gasteiger partial charge in [0, 0.05) is 24.2 Å². The summed E-state index contributed by atoms with van der Waals surface area (Å²) in [6.45, 7) is 2.12. The largest absolute Gasteiger partial charge is 0.306 e. The smallest absolute Gasteiger partial charge is 0.123 e. The molecule has 1 aromatic carbocycles. The molecule has 0 spiro atoms. The number of benzene rings is 1. The van der Waals surface area contributed by atoms with Crippen molar-refractivity contribution in [3.05, 3.63) is 53.7 Å². The number of halogens is 1. The highest BCUT2D eigenvalue weighted by atomic mass is 32.1. The number of likely N-dealkylation sites (tertiary alicyclic amines) is 1. The van der Waals surface area contributed by atoms with Crippen molar-refractivity contribution in [1.29, 1.82) is 0 Å². The van der Waals surface area contributed by atoms with E-state index in [0.717, 1.165) is 46.3 Å². The second-order valence-corrected chi connectivity index (χ2v) is 7.11. The van der Waals surface area contributed by atoms with Crippen molar-refractivity contribution >= 4 is 11.3 Å². The third-order valence-electron chi connectivity index (χ3n) is 4.32. The lowest BCUT2D eigenvalue weighted by Gasteiger charge is -2.06. The lowest BCUT2D eigenvalue weighted by atomic mass is 10.1. The molecule has 1 fully saturated rings. The molecule has 1 atom stereocenters. The molecule has 4 rings (SSSR count). The van der Waals surface area contributed by atoms with E-state index in [4.69, 9.17) is 4.98 Å². The van der Waals surface area contributed by atoms with Gasteiger partial charge in [-0.2, -0.15) is 0 Å². The van der Waals surface area contributed by atoms with Crippen molar-refractivity contribution in [2.24, 2.45) is 0 Å². The molecule has 1 aliphatic heterocycles. The fraction of sp³-hybridized carbons (Fsp3) is 0.278. The molecule has 6 heteroatoms. The molecule has 3 aromatic rings. The van der Waals surface area contributed by atoms with Crippen LogP contribution in [0, 0.1) is 5.82 Å². The predicted octanol–water partition coefficient (Wildman–Crippen LogP) is 3.83. The highest BCUT2D eigenvalue weighted by Crippen LogP contribution is 2.40. The van der Waals surface area contributed by atoms with Gasteiger partial charge in [-0.1, -0.05) is 0 Å². The minimum Gasteiger partial charge on any atom is -0.306 e. The first-order valence-electron chi connectivity index (χ1n) is 7.92. The molecule has 0 saturated carbocycles. The number of aromatic nitrogens is 3. The summed E-state index contributed by atoms with van der Waals surface area (Å²) >= 11 is 1.69. The minimum absolute atomic E-state index is 0.241. The van der Waals surface area contributed by atoms with Crippen LogP contribution in [0.5, 0.6) is 0 Å². The van der Waals surface area contributed by atoms with Crippen LogP contribution in [0.3, 0.4) is 0 Å². The van der Waals surface area contributed by atoms with Gasteiger partial charge in [-0.05, 0) is 50.3 Å². The molecule has 0 amide bonds. The van der Waals surface area contributed by atoms with E-state index >= 15 is 0 Å². The number of likely N-dealkylation sites (N-methyl/N-ethyl adjacent to an activating group) is 1. The zero-order valence-corrected chi connectivity index (χ0v) is 14.1. The summed E-state index contributed by atoms with van der Waals surface area (Å²) < 4.78 is 13.3. The van der Waals surface area contributed by atoms with Crippen molar-refractivity contribution < 1.29 is 4.39 Å². The van der Waals surface area contributed by atoms with Crippen molar-refractivity contribution in [2.45, 2.75) is 12.3 Å². The van der Waals surface area contributed by atoms with Gasteiger partial charge in [0.1, 0.15) is 12.1 Å². The third-order valence-corrected chi connectivity index (χ3v) is 5.56. The molecule has 1 saturated heterocycles. The van der Waals surface area contributed by atoms with Crippen molar-refractivity contribution in [3.8, 4) is 21.8 Å². The molecule has 0 N–H and O–H groups in total. The van der Waals surface area contributed by atoms with Gasteiger partial charge < -0.3 is 4.90 Å². The van der Waals surface area contributed by atoms with Crippen molar-refractivity contribution in [2.75, 3.05) is 20.1 Å². The van der Waals surface area contributed by atoms with Crippen LogP contribution in [-0.4, -0.2) is 40.0 Å². The van der Waals surface area contributed by atoms with E-state index in [0.29, 0.717) is 5.92 Å². The van der Waals surface area contributed by atoms with Crippen LogP contribution in [0.1, 0.15) is 17.3 Å². The Balaban J connectivity index is 1.81. The monoisotopic (exact) mass is 340 g/mol. The maximum Gasteiger partial charge on any atom is 0.123 e. The van der Waals surface area contributed by atoms with Crippen LogP contribution in [0.2, 0.25) is 0 Å². The maximum atomic E-state index is 13.3. The quantitative estimate of drug-likeness (QED) is 0.727. The summed E-state index contributed by atoms with van der Waals surface area (Å²) in [5, 5.41) is 1.13. The summed E-state index contributed by atoms with van der Waals surface area (Å²) in [5.41, 5.74) is 2.65. The van der Waals surface area contributed by atoms with E-state index in [9.17, 15) is 4.39 Å². The molecular weight excluding hydrogens is 323 g/mol. The van der Waals surface area contributed by atoms with E-state index in [1.165, 1.54) is 12.1 Å². The second-order valence-electron chi connectivity index (χ2n) is 6.08. The Morgan fingerprint density at radius 2 is 2.04 bits per heavy atom. The predicted molar refractivity (Wildman–Crippen MR) is 93.4 cm³/mol. The first-order chi connectivity index (χ1) is 11.7. The molecule has 3 heterocycles. The molecule has 0 bridgehead atoms. The average Bonchev–Trinajstić information content (AvgIpc) is 3.23. The molecule has 24 heavy (non-hydrogen) atoms. The Morgan fingerprint density at radius 3 is 2.71 bits per heavy atom.